The largest absolute Gasteiger partial charge is 0.491 e. The third-order valence-corrected chi connectivity index (χ3v) is 3.86. The summed E-state index contributed by atoms with van der Waals surface area (Å²) in [4.78, 5) is 11.8. The van der Waals surface area contributed by atoms with Crippen molar-refractivity contribution in [3.63, 3.8) is 0 Å². The van der Waals surface area contributed by atoms with Crippen LogP contribution in [0, 0.1) is 0 Å². The molecule has 0 radical (unpaired) electrons. The Morgan fingerprint density at radius 1 is 1.38 bits per heavy atom. The number of carbonyl (C=O) groups is 1. The molecule has 0 spiro atoms. The second kappa shape index (κ2) is 6.48. The second-order valence-electron chi connectivity index (χ2n) is 6.05. The average Bonchev–Trinajstić information content (AvgIpc) is 2.85. The SMILES string of the molecule is CCOC(=O)C(C)(N)CC(C)Oc1ccc2c(c1)CCC2. The zero-order valence-electron chi connectivity index (χ0n) is 13.1. The lowest BCUT2D eigenvalue weighted by Gasteiger charge is -2.26. The molecule has 2 unspecified atom stereocenters. The van der Waals surface area contributed by atoms with Crippen LogP contribution in [0.1, 0.15) is 44.7 Å². The first-order valence-electron chi connectivity index (χ1n) is 7.67. The van der Waals surface area contributed by atoms with E-state index < -0.39 is 5.54 Å². The summed E-state index contributed by atoms with van der Waals surface area (Å²) >= 11 is 0. The van der Waals surface area contributed by atoms with Crippen LogP contribution in [0.5, 0.6) is 5.75 Å². The van der Waals surface area contributed by atoms with Gasteiger partial charge in [0, 0.05) is 6.42 Å². The highest BCUT2D eigenvalue weighted by molar-refractivity contribution is 5.80. The molecule has 4 nitrogen and oxygen atoms in total. The maximum Gasteiger partial charge on any atom is 0.325 e. The van der Waals surface area contributed by atoms with Crippen LogP contribution >= 0.6 is 0 Å². The van der Waals surface area contributed by atoms with Gasteiger partial charge in [0.15, 0.2) is 0 Å². The minimum Gasteiger partial charge on any atom is -0.491 e. The Morgan fingerprint density at radius 2 is 2.10 bits per heavy atom. The van der Waals surface area contributed by atoms with Crippen molar-refractivity contribution in [2.75, 3.05) is 6.61 Å². The molecule has 1 aromatic rings. The molecule has 1 aliphatic rings. The first kappa shape index (κ1) is 15.8. The lowest BCUT2D eigenvalue weighted by molar-refractivity contribution is -0.149. The van der Waals surface area contributed by atoms with Gasteiger partial charge in [-0.2, -0.15) is 0 Å². The summed E-state index contributed by atoms with van der Waals surface area (Å²) in [6.07, 6.45) is 3.78. The van der Waals surface area contributed by atoms with E-state index in [0.717, 1.165) is 18.6 Å². The molecule has 0 heterocycles. The van der Waals surface area contributed by atoms with Crippen molar-refractivity contribution in [2.45, 2.75) is 58.1 Å². The molecule has 0 saturated carbocycles. The molecule has 2 rings (SSSR count). The van der Waals surface area contributed by atoms with Gasteiger partial charge in [-0.1, -0.05) is 6.07 Å². The molecule has 1 aromatic carbocycles. The topological polar surface area (TPSA) is 61.5 Å². The quantitative estimate of drug-likeness (QED) is 0.818. The van der Waals surface area contributed by atoms with Crippen LogP contribution in [0.25, 0.3) is 0 Å². The van der Waals surface area contributed by atoms with Gasteiger partial charge in [0.1, 0.15) is 11.3 Å². The van der Waals surface area contributed by atoms with Crippen molar-refractivity contribution in [1.29, 1.82) is 0 Å². The molecule has 1 aliphatic carbocycles. The number of esters is 1. The van der Waals surface area contributed by atoms with Crippen LogP contribution in [0.4, 0.5) is 0 Å². The van der Waals surface area contributed by atoms with Crippen molar-refractivity contribution < 1.29 is 14.3 Å². The summed E-state index contributed by atoms with van der Waals surface area (Å²) in [5, 5.41) is 0. The maximum absolute atomic E-state index is 11.8. The molecule has 4 heteroatoms. The molecule has 0 aromatic heterocycles. The standard InChI is InChI=1S/C17H25NO3/c1-4-20-16(19)17(3,18)11-12(2)21-15-9-8-13-6-5-7-14(13)10-15/h8-10,12H,4-7,11,18H2,1-3H3. The maximum atomic E-state index is 11.8. The molecule has 0 aliphatic heterocycles. The predicted octanol–water partition coefficient (Wildman–Crippen LogP) is 2.61. The second-order valence-corrected chi connectivity index (χ2v) is 6.05. The lowest BCUT2D eigenvalue weighted by Crippen LogP contribution is -2.49. The molecule has 116 valence electrons. The molecule has 2 atom stereocenters. The van der Waals surface area contributed by atoms with Gasteiger partial charge in [-0.3, -0.25) is 4.79 Å². The van der Waals surface area contributed by atoms with E-state index in [2.05, 4.69) is 12.1 Å². The molecular formula is C17H25NO3. The van der Waals surface area contributed by atoms with E-state index in [1.54, 1.807) is 13.8 Å². The number of hydrogen-bond donors (Lipinski definition) is 1. The van der Waals surface area contributed by atoms with Crippen LogP contribution in [0.15, 0.2) is 18.2 Å². The Labute approximate surface area is 126 Å². The fourth-order valence-corrected chi connectivity index (χ4v) is 2.87. The van der Waals surface area contributed by atoms with Gasteiger partial charge in [0.2, 0.25) is 0 Å². The highest BCUT2D eigenvalue weighted by Gasteiger charge is 2.32. The summed E-state index contributed by atoms with van der Waals surface area (Å²) in [6, 6.07) is 6.24. The van der Waals surface area contributed by atoms with E-state index in [-0.39, 0.29) is 12.1 Å². The van der Waals surface area contributed by atoms with Gasteiger partial charge in [0.25, 0.3) is 0 Å². The number of hydrogen-bond acceptors (Lipinski definition) is 4. The zero-order chi connectivity index (χ0) is 15.5. The molecule has 2 N–H and O–H groups in total. The third kappa shape index (κ3) is 3.97. The van der Waals surface area contributed by atoms with Gasteiger partial charge in [-0.05, 0) is 63.3 Å². The van der Waals surface area contributed by atoms with E-state index in [1.165, 1.54) is 17.5 Å². The van der Waals surface area contributed by atoms with Crippen LogP contribution in [-0.4, -0.2) is 24.2 Å². The predicted molar refractivity (Wildman–Crippen MR) is 82.4 cm³/mol. The summed E-state index contributed by atoms with van der Waals surface area (Å²) in [5.74, 6) is 0.470. The van der Waals surface area contributed by atoms with E-state index in [0.29, 0.717) is 13.0 Å². The van der Waals surface area contributed by atoms with Gasteiger partial charge < -0.3 is 15.2 Å². The van der Waals surface area contributed by atoms with Gasteiger partial charge >= 0.3 is 5.97 Å². The van der Waals surface area contributed by atoms with Crippen molar-refractivity contribution in [1.82, 2.24) is 0 Å². The van der Waals surface area contributed by atoms with Crippen molar-refractivity contribution >= 4 is 5.97 Å². The van der Waals surface area contributed by atoms with E-state index in [4.69, 9.17) is 15.2 Å². The fourth-order valence-electron chi connectivity index (χ4n) is 2.87. The fraction of sp³-hybridized carbons (Fsp3) is 0.588. The highest BCUT2D eigenvalue weighted by atomic mass is 16.5. The third-order valence-electron chi connectivity index (χ3n) is 3.86. The van der Waals surface area contributed by atoms with Crippen LogP contribution in [-0.2, 0) is 22.4 Å². The summed E-state index contributed by atoms with van der Waals surface area (Å²) in [5.41, 5.74) is 7.81. The minimum atomic E-state index is -1.02. The molecule has 0 saturated heterocycles. The number of carbonyl (C=O) groups excluding carboxylic acids is 1. The number of benzene rings is 1. The number of ether oxygens (including phenoxy) is 2. The normalized spacial score (nSPS) is 17.7. The van der Waals surface area contributed by atoms with Gasteiger partial charge in [-0.25, -0.2) is 0 Å². The van der Waals surface area contributed by atoms with Crippen LogP contribution in [0.3, 0.4) is 0 Å². The van der Waals surface area contributed by atoms with Crippen molar-refractivity contribution in [3.8, 4) is 5.75 Å². The highest BCUT2D eigenvalue weighted by Crippen LogP contribution is 2.27. The first-order valence-corrected chi connectivity index (χ1v) is 7.67. The summed E-state index contributed by atoms with van der Waals surface area (Å²) in [6.45, 7) is 5.73. The first-order chi connectivity index (χ1) is 9.92. The molecule has 21 heavy (non-hydrogen) atoms. The number of rotatable bonds is 6. The molecule has 0 amide bonds. The number of aryl methyl sites for hydroxylation is 2. The number of fused-ring (bicyclic) bond motifs is 1. The van der Waals surface area contributed by atoms with E-state index in [9.17, 15) is 4.79 Å². The Morgan fingerprint density at radius 3 is 2.81 bits per heavy atom. The van der Waals surface area contributed by atoms with Gasteiger partial charge in [0.05, 0.1) is 12.7 Å². The Kier molecular flexibility index (Phi) is 4.88. The Hall–Kier alpha value is -1.55. The van der Waals surface area contributed by atoms with Crippen molar-refractivity contribution in [2.24, 2.45) is 5.73 Å². The van der Waals surface area contributed by atoms with Crippen LogP contribution < -0.4 is 10.5 Å². The molecule has 0 bridgehead atoms. The smallest absolute Gasteiger partial charge is 0.325 e. The molecule has 0 fully saturated rings. The van der Waals surface area contributed by atoms with Crippen molar-refractivity contribution in [3.05, 3.63) is 29.3 Å². The molecular weight excluding hydrogens is 266 g/mol. The number of nitrogens with two attached hydrogens (primary N) is 1. The lowest BCUT2D eigenvalue weighted by atomic mass is 9.96. The van der Waals surface area contributed by atoms with Gasteiger partial charge in [-0.15, -0.1) is 0 Å². The Balaban J connectivity index is 1.95. The van der Waals surface area contributed by atoms with E-state index in [1.807, 2.05) is 13.0 Å². The van der Waals surface area contributed by atoms with E-state index >= 15 is 0 Å². The summed E-state index contributed by atoms with van der Waals surface area (Å²) < 4.78 is 10.9. The zero-order valence-corrected chi connectivity index (χ0v) is 13.1. The Bertz CT molecular complexity index is 511. The van der Waals surface area contributed by atoms with Crippen LogP contribution in [0.2, 0.25) is 0 Å². The summed E-state index contributed by atoms with van der Waals surface area (Å²) in [7, 11) is 0. The minimum absolute atomic E-state index is 0.149. The average molecular weight is 291 g/mol. The monoisotopic (exact) mass is 291 g/mol.